The van der Waals surface area contributed by atoms with E-state index >= 15 is 0 Å². The Balaban J connectivity index is 1.68. The molecule has 2 aliphatic heterocycles. The van der Waals surface area contributed by atoms with Gasteiger partial charge in [-0.25, -0.2) is 4.79 Å². The zero-order chi connectivity index (χ0) is 16.9. The van der Waals surface area contributed by atoms with Gasteiger partial charge in [0.15, 0.2) is 6.10 Å². The summed E-state index contributed by atoms with van der Waals surface area (Å²) in [6.45, 7) is 1.77. The Hall–Kier alpha value is -2.12. The number of carboxylic acids is 1. The van der Waals surface area contributed by atoms with E-state index in [1.54, 1.807) is 24.3 Å². The number of rotatable bonds is 5. The number of aliphatic carboxylic acids is 1. The van der Waals surface area contributed by atoms with Crippen LogP contribution in [0.2, 0.25) is 0 Å². The first kappa shape index (κ1) is 16.7. The van der Waals surface area contributed by atoms with Gasteiger partial charge in [-0.3, -0.25) is 4.79 Å². The van der Waals surface area contributed by atoms with Crippen molar-refractivity contribution in [1.29, 1.82) is 0 Å². The van der Waals surface area contributed by atoms with Crippen LogP contribution in [0.1, 0.15) is 23.2 Å². The van der Waals surface area contributed by atoms with Crippen LogP contribution in [-0.4, -0.2) is 67.0 Å². The van der Waals surface area contributed by atoms with E-state index < -0.39 is 12.1 Å². The van der Waals surface area contributed by atoms with Gasteiger partial charge in [-0.05, 0) is 25.0 Å². The van der Waals surface area contributed by atoms with E-state index in [0.717, 1.165) is 19.4 Å². The van der Waals surface area contributed by atoms with Gasteiger partial charge in [0.1, 0.15) is 12.4 Å². The third-order valence-corrected chi connectivity index (χ3v) is 4.20. The summed E-state index contributed by atoms with van der Waals surface area (Å²) >= 11 is 0. The number of hydrogen-bond donors (Lipinski definition) is 1. The molecule has 0 bridgehead atoms. The quantitative estimate of drug-likeness (QED) is 0.869. The first-order valence-corrected chi connectivity index (χ1v) is 8.12. The molecular weight excluding hydrogens is 314 g/mol. The number of ether oxygens (including phenoxy) is 3. The van der Waals surface area contributed by atoms with Gasteiger partial charge in [-0.1, -0.05) is 12.1 Å². The number of carbonyl (C=O) groups is 2. The highest BCUT2D eigenvalue weighted by Crippen LogP contribution is 2.23. The van der Waals surface area contributed by atoms with Crippen LogP contribution in [0.3, 0.4) is 0 Å². The monoisotopic (exact) mass is 335 g/mol. The van der Waals surface area contributed by atoms with E-state index in [4.69, 9.17) is 19.3 Å². The zero-order valence-corrected chi connectivity index (χ0v) is 13.3. The van der Waals surface area contributed by atoms with Crippen molar-refractivity contribution in [2.24, 2.45) is 0 Å². The molecule has 0 saturated carbocycles. The molecule has 2 saturated heterocycles. The largest absolute Gasteiger partial charge is 0.490 e. The van der Waals surface area contributed by atoms with E-state index in [1.165, 1.54) is 4.90 Å². The average molecular weight is 335 g/mol. The fourth-order valence-electron chi connectivity index (χ4n) is 2.88. The molecule has 2 atom stereocenters. The summed E-state index contributed by atoms with van der Waals surface area (Å²) < 4.78 is 16.5. The summed E-state index contributed by atoms with van der Waals surface area (Å²) in [4.78, 5) is 25.3. The second-order valence-electron chi connectivity index (χ2n) is 5.89. The number of nitrogens with zero attached hydrogens (tertiary/aromatic N) is 1. The number of amides is 1. The van der Waals surface area contributed by atoms with Crippen LogP contribution in [0.15, 0.2) is 24.3 Å². The van der Waals surface area contributed by atoms with Crippen molar-refractivity contribution in [2.45, 2.75) is 25.0 Å². The molecule has 7 nitrogen and oxygen atoms in total. The molecule has 0 spiro atoms. The predicted octanol–water partition coefficient (Wildman–Crippen LogP) is 1.17. The van der Waals surface area contributed by atoms with Crippen LogP contribution in [-0.2, 0) is 14.3 Å². The van der Waals surface area contributed by atoms with Crippen LogP contribution >= 0.6 is 0 Å². The first-order valence-electron chi connectivity index (χ1n) is 8.12. The number of para-hydroxylation sites is 1. The average Bonchev–Trinajstić information content (AvgIpc) is 3.13. The Bertz CT molecular complexity index is 598. The maximum absolute atomic E-state index is 12.8. The molecule has 2 heterocycles. The minimum absolute atomic E-state index is 0.0359. The Morgan fingerprint density at radius 2 is 2.08 bits per heavy atom. The molecule has 3 rings (SSSR count). The molecule has 2 fully saturated rings. The van der Waals surface area contributed by atoms with Gasteiger partial charge in [0, 0.05) is 13.2 Å². The van der Waals surface area contributed by atoms with Crippen LogP contribution in [0.4, 0.5) is 0 Å². The van der Waals surface area contributed by atoms with E-state index in [1.807, 2.05) is 0 Å². The lowest BCUT2D eigenvalue weighted by molar-refractivity contribution is -0.154. The Morgan fingerprint density at radius 3 is 2.83 bits per heavy atom. The Morgan fingerprint density at radius 1 is 1.25 bits per heavy atom. The summed E-state index contributed by atoms with van der Waals surface area (Å²) in [5, 5.41) is 9.07. The SMILES string of the molecule is O=C(O)[C@@H]1CN(C(=O)c2ccccc2OC[C@H]2CCCO2)CCO1. The van der Waals surface area contributed by atoms with Crippen molar-refractivity contribution in [3.63, 3.8) is 0 Å². The number of morpholine rings is 1. The third kappa shape index (κ3) is 3.85. The van der Waals surface area contributed by atoms with Crippen LogP contribution < -0.4 is 4.74 Å². The highest BCUT2D eigenvalue weighted by molar-refractivity contribution is 5.97. The van der Waals surface area contributed by atoms with E-state index in [-0.39, 0.29) is 25.2 Å². The fraction of sp³-hybridized carbons (Fsp3) is 0.529. The standard InChI is InChI=1S/C17H21NO6/c19-16(18-7-9-23-15(10-18)17(20)21)13-5-1-2-6-14(13)24-11-12-4-3-8-22-12/h1-2,5-6,12,15H,3-4,7-11H2,(H,20,21)/t12-,15+/m1/s1. The summed E-state index contributed by atoms with van der Waals surface area (Å²) in [6, 6.07) is 7.01. The molecule has 130 valence electrons. The van der Waals surface area contributed by atoms with E-state index in [2.05, 4.69) is 0 Å². The topological polar surface area (TPSA) is 85.3 Å². The van der Waals surface area contributed by atoms with Gasteiger partial charge in [-0.2, -0.15) is 0 Å². The minimum Gasteiger partial charge on any atom is -0.490 e. The smallest absolute Gasteiger partial charge is 0.334 e. The fourth-order valence-corrected chi connectivity index (χ4v) is 2.88. The molecule has 24 heavy (non-hydrogen) atoms. The molecular formula is C17H21NO6. The highest BCUT2D eigenvalue weighted by atomic mass is 16.5. The minimum atomic E-state index is -1.06. The van der Waals surface area contributed by atoms with Crippen LogP contribution in [0.25, 0.3) is 0 Å². The summed E-state index contributed by atoms with van der Waals surface area (Å²) in [7, 11) is 0. The number of benzene rings is 1. The van der Waals surface area contributed by atoms with Crippen molar-refractivity contribution in [1.82, 2.24) is 4.90 Å². The van der Waals surface area contributed by atoms with Gasteiger partial charge in [0.2, 0.25) is 0 Å². The summed E-state index contributed by atoms with van der Waals surface area (Å²) in [6.07, 6.45) is 1.06. The molecule has 7 heteroatoms. The predicted molar refractivity (Wildman–Crippen MR) is 84.2 cm³/mol. The van der Waals surface area contributed by atoms with Crippen molar-refractivity contribution in [2.75, 3.05) is 32.9 Å². The van der Waals surface area contributed by atoms with E-state index in [0.29, 0.717) is 24.5 Å². The van der Waals surface area contributed by atoms with Gasteiger partial charge in [0.05, 0.1) is 24.8 Å². The zero-order valence-electron chi connectivity index (χ0n) is 13.3. The Labute approximate surface area is 140 Å². The second kappa shape index (κ2) is 7.63. The lowest BCUT2D eigenvalue weighted by Gasteiger charge is -2.31. The van der Waals surface area contributed by atoms with Crippen LogP contribution in [0.5, 0.6) is 5.75 Å². The summed E-state index contributed by atoms with van der Waals surface area (Å²) in [5.74, 6) is -0.806. The lowest BCUT2D eigenvalue weighted by Crippen LogP contribution is -2.48. The molecule has 0 aliphatic carbocycles. The molecule has 0 unspecified atom stereocenters. The van der Waals surface area contributed by atoms with Crippen molar-refractivity contribution >= 4 is 11.9 Å². The van der Waals surface area contributed by atoms with Crippen molar-refractivity contribution in [3.05, 3.63) is 29.8 Å². The van der Waals surface area contributed by atoms with E-state index in [9.17, 15) is 9.59 Å². The normalized spacial score (nSPS) is 23.9. The van der Waals surface area contributed by atoms with Crippen molar-refractivity contribution in [3.8, 4) is 5.75 Å². The lowest BCUT2D eigenvalue weighted by atomic mass is 10.1. The van der Waals surface area contributed by atoms with Gasteiger partial charge >= 0.3 is 5.97 Å². The van der Waals surface area contributed by atoms with Crippen LogP contribution in [0, 0.1) is 0 Å². The maximum Gasteiger partial charge on any atom is 0.334 e. The van der Waals surface area contributed by atoms with Gasteiger partial charge < -0.3 is 24.2 Å². The summed E-state index contributed by atoms with van der Waals surface area (Å²) in [5.41, 5.74) is 0.432. The molecule has 0 radical (unpaired) electrons. The van der Waals surface area contributed by atoms with Gasteiger partial charge in [-0.15, -0.1) is 0 Å². The first-order chi connectivity index (χ1) is 11.6. The third-order valence-electron chi connectivity index (χ3n) is 4.20. The second-order valence-corrected chi connectivity index (χ2v) is 5.89. The number of carboxylic acid groups (broad SMARTS) is 1. The Kier molecular flexibility index (Phi) is 5.32. The molecule has 2 aliphatic rings. The molecule has 1 amide bonds. The number of carbonyl (C=O) groups excluding carboxylic acids is 1. The van der Waals surface area contributed by atoms with Crippen molar-refractivity contribution < 1.29 is 28.9 Å². The molecule has 1 aromatic carbocycles. The molecule has 1 N–H and O–H groups in total. The molecule has 1 aromatic rings. The maximum atomic E-state index is 12.8. The number of hydrogen-bond acceptors (Lipinski definition) is 5. The highest BCUT2D eigenvalue weighted by Gasteiger charge is 2.30. The van der Waals surface area contributed by atoms with Gasteiger partial charge in [0.25, 0.3) is 5.91 Å². The molecule has 0 aromatic heterocycles.